The Morgan fingerprint density at radius 2 is 1.35 bits per heavy atom. The lowest BCUT2D eigenvalue weighted by Crippen LogP contribution is -1.99. The van der Waals surface area contributed by atoms with Gasteiger partial charge in [0.05, 0.1) is 0 Å². The minimum absolute atomic E-state index is 0.0976. The second-order valence-corrected chi connectivity index (χ2v) is 5.65. The van der Waals surface area contributed by atoms with Gasteiger partial charge in [-0.05, 0) is 48.8 Å². The summed E-state index contributed by atoms with van der Waals surface area (Å²) in [5, 5.41) is 19.4. The van der Waals surface area contributed by atoms with E-state index in [0.717, 1.165) is 30.4 Å². The van der Waals surface area contributed by atoms with Crippen LogP contribution in [0.4, 0.5) is 0 Å². The van der Waals surface area contributed by atoms with Crippen molar-refractivity contribution in [3.63, 3.8) is 0 Å². The fraction of sp³-hybridized carbons (Fsp3) is 0.667. The third-order valence-corrected chi connectivity index (χ3v) is 3.83. The summed E-state index contributed by atoms with van der Waals surface area (Å²) in [5.74, 6) is 0.411. The van der Waals surface area contributed by atoms with Crippen LogP contribution in [0.2, 0.25) is 0 Å². The van der Waals surface area contributed by atoms with Crippen LogP contribution in [0, 0.1) is 0 Å². The molecule has 0 aliphatic carbocycles. The first kappa shape index (κ1) is 17.0. The number of benzene rings is 1. The maximum absolute atomic E-state index is 10.3. The normalized spacial score (nSPS) is 10.9. The van der Waals surface area contributed by atoms with E-state index in [-0.39, 0.29) is 6.61 Å². The SMILES string of the molecule is CCCCCc1cc(CCO)c(O)c(CCCCC)c1. The highest BCUT2D eigenvalue weighted by atomic mass is 16.3. The lowest BCUT2D eigenvalue weighted by Gasteiger charge is -2.13. The van der Waals surface area contributed by atoms with E-state index in [2.05, 4.69) is 26.0 Å². The number of phenolic OH excluding ortho intramolecular Hbond substituents is 1. The van der Waals surface area contributed by atoms with Gasteiger partial charge >= 0.3 is 0 Å². The standard InChI is InChI=1S/C18H30O2/c1-3-5-7-9-15-13-16(10-8-6-4-2)18(20)17(14-15)11-12-19/h13-14,19-20H,3-12H2,1-2H3. The van der Waals surface area contributed by atoms with E-state index in [1.54, 1.807) is 0 Å². The van der Waals surface area contributed by atoms with Crippen LogP contribution in [0.25, 0.3) is 0 Å². The Morgan fingerprint density at radius 3 is 1.90 bits per heavy atom. The molecule has 0 saturated carbocycles. The van der Waals surface area contributed by atoms with E-state index in [9.17, 15) is 5.11 Å². The molecule has 1 aromatic rings. The van der Waals surface area contributed by atoms with Gasteiger partial charge in [-0.15, -0.1) is 0 Å². The van der Waals surface area contributed by atoms with Crippen molar-refractivity contribution in [3.05, 3.63) is 28.8 Å². The van der Waals surface area contributed by atoms with Crippen LogP contribution in [-0.2, 0) is 19.3 Å². The number of aryl methyl sites for hydroxylation is 2. The van der Waals surface area contributed by atoms with Gasteiger partial charge in [-0.1, -0.05) is 51.7 Å². The van der Waals surface area contributed by atoms with Crippen LogP contribution in [0.3, 0.4) is 0 Å². The van der Waals surface area contributed by atoms with Crippen molar-refractivity contribution in [1.29, 1.82) is 0 Å². The third-order valence-electron chi connectivity index (χ3n) is 3.83. The molecule has 114 valence electrons. The van der Waals surface area contributed by atoms with Crippen LogP contribution in [0.5, 0.6) is 5.75 Å². The number of rotatable bonds is 10. The third kappa shape index (κ3) is 5.54. The number of unbranched alkanes of at least 4 members (excludes halogenated alkanes) is 4. The molecule has 0 atom stereocenters. The van der Waals surface area contributed by atoms with Gasteiger partial charge in [0.25, 0.3) is 0 Å². The predicted octanol–water partition coefficient (Wildman–Crippen LogP) is 4.39. The summed E-state index contributed by atoms with van der Waals surface area (Å²) in [7, 11) is 0. The van der Waals surface area contributed by atoms with Crippen LogP contribution in [0.15, 0.2) is 12.1 Å². The molecular weight excluding hydrogens is 248 g/mol. The highest BCUT2D eigenvalue weighted by Crippen LogP contribution is 2.27. The first-order chi connectivity index (χ1) is 9.72. The molecule has 0 aliphatic rings. The molecule has 1 aromatic carbocycles. The Morgan fingerprint density at radius 1 is 0.800 bits per heavy atom. The van der Waals surface area contributed by atoms with Crippen molar-refractivity contribution in [1.82, 2.24) is 0 Å². The fourth-order valence-electron chi connectivity index (χ4n) is 2.62. The number of phenols is 1. The Balaban J connectivity index is 2.82. The topological polar surface area (TPSA) is 40.5 Å². The summed E-state index contributed by atoms with van der Waals surface area (Å²) in [6.07, 6.45) is 9.78. The number of hydrogen-bond donors (Lipinski definition) is 2. The largest absolute Gasteiger partial charge is 0.507 e. The van der Waals surface area contributed by atoms with E-state index < -0.39 is 0 Å². The number of aromatic hydroxyl groups is 1. The van der Waals surface area contributed by atoms with Gasteiger partial charge in [0, 0.05) is 6.61 Å². The Labute approximate surface area is 123 Å². The van der Waals surface area contributed by atoms with Crippen LogP contribution >= 0.6 is 0 Å². The van der Waals surface area contributed by atoms with Crippen LogP contribution in [-0.4, -0.2) is 16.8 Å². The van der Waals surface area contributed by atoms with E-state index in [1.165, 1.54) is 37.7 Å². The van der Waals surface area contributed by atoms with Gasteiger partial charge in [0.1, 0.15) is 5.75 Å². The summed E-state index contributed by atoms with van der Waals surface area (Å²) < 4.78 is 0. The first-order valence-corrected chi connectivity index (χ1v) is 8.17. The molecule has 2 N–H and O–H groups in total. The Kier molecular flexibility index (Phi) is 8.36. The molecule has 0 radical (unpaired) electrons. The molecule has 0 heterocycles. The van der Waals surface area contributed by atoms with Gasteiger partial charge in [-0.3, -0.25) is 0 Å². The highest BCUT2D eigenvalue weighted by molar-refractivity contribution is 5.44. The summed E-state index contributed by atoms with van der Waals surface area (Å²) in [5.41, 5.74) is 3.29. The fourth-order valence-corrected chi connectivity index (χ4v) is 2.62. The molecule has 20 heavy (non-hydrogen) atoms. The second-order valence-electron chi connectivity index (χ2n) is 5.65. The van der Waals surface area contributed by atoms with Crippen molar-refractivity contribution in [2.45, 2.75) is 71.6 Å². The highest BCUT2D eigenvalue weighted by Gasteiger charge is 2.09. The van der Waals surface area contributed by atoms with Crippen molar-refractivity contribution in [3.8, 4) is 5.75 Å². The summed E-state index contributed by atoms with van der Waals surface area (Å²) in [6.45, 7) is 4.50. The van der Waals surface area contributed by atoms with Crippen molar-refractivity contribution < 1.29 is 10.2 Å². The molecule has 0 bridgehead atoms. The lowest BCUT2D eigenvalue weighted by atomic mass is 9.95. The number of hydrogen-bond acceptors (Lipinski definition) is 2. The molecule has 0 spiro atoms. The minimum Gasteiger partial charge on any atom is -0.507 e. The van der Waals surface area contributed by atoms with Crippen molar-refractivity contribution >= 4 is 0 Å². The number of aliphatic hydroxyl groups is 1. The molecule has 0 amide bonds. The van der Waals surface area contributed by atoms with Gasteiger partial charge < -0.3 is 10.2 Å². The molecule has 2 heteroatoms. The second kappa shape index (κ2) is 9.82. The molecule has 1 rings (SSSR count). The number of aliphatic hydroxyl groups excluding tert-OH is 1. The van der Waals surface area contributed by atoms with Gasteiger partial charge in [0.15, 0.2) is 0 Å². The molecule has 2 nitrogen and oxygen atoms in total. The zero-order chi connectivity index (χ0) is 14.8. The van der Waals surface area contributed by atoms with Crippen LogP contribution in [0.1, 0.15) is 69.1 Å². The molecular formula is C18H30O2. The summed E-state index contributed by atoms with van der Waals surface area (Å²) in [4.78, 5) is 0. The van der Waals surface area contributed by atoms with E-state index >= 15 is 0 Å². The monoisotopic (exact) mass is 278 g/mol. The predicted molar refractivity (Wildman–Crippen MR) is 85.4 cm³/mol. The molecule has 0 unspecified atom stereocenters. The Bertz CT molecular complexity index is 385. The van der Waals surface area contributed by atoms with Crippen LogP contribution < -0.4 is 0 Å². The zero-order valence-electron chi connectivity index (χ0n) is 13.1. The van der Waals surface area contributed by atoms with E-state index in [4.69, 9.17) is 5.11 Å². The van der Waals surface area contributed by atoms with E-state index in [1.807, 2.05) is 0 Å². The van der Waals surface area contributed by atoms with Crippen molar-refractivity contribution in [2.24, 2.45) is 0 Å². The quantitative estimate of drug-likeness (QED) is 0.623. The zero-order valence-corrected chi connectivity index (χ0v) is 13.1. The summed E-state index contributed by atoms with van der Waals surface area (Å²) >= 11 is 0. The molecule has 0 saturated heterocycles. The molecule has 0 aromatic heterocycles. The minimum atomic E-state index is 0.0976. The molecule has 0 aliphatic heterocycles. The van der Waals surface area contributed by atoms with Gasteiger partial charge in [0.2, 0.25) is 0 Å². The van der Waals surface area contributed by atoms with Gasteiger partial charge in [-0.2, -0.15) is 0 Å². The first-order valence-electron chi connectivity index (χ1n) is 8.17. The maximum Gasteiger partial charge on any atom is 0.122 e. The smallest absolute Gasteiger partial charge is 0.122 e. The Hall–Kier alpha value is -1.02. The lowest BCUT2D eigenvalue weighted by molar-refractivity contribution is 0.297. The van der Waals surface area contributed by atoms with Gasteiger partial charge in [-0.25, -0.2) is 0 Å². The van der Waals surface area contributed by atoms with E-state index in [0.29, 0.717) is 12.2 Å². The maximum atomic E-state index is 10.3. The average molecular weight is 278 g/mol. The summed E-state index contributed by atoms with van der Waals surface area (Å²) in [6, 6.07) is 4.24. The van der Waals surface area contributed by atoms with Crippen molar-refractivity contribution in [2.75, 3.05) is 6.61 Å². The molecule has 0 fully saturated rings. The average Bonchev–Trinajstić information content (AvgIpc) is 2.44.